The van der Waals surface area contributed by atoms with Crippen LogP contribution in [-0.2, 0) is 16.2 Å². The topological polar surface area (TPSA) is 104 Å². The Morgan fingerprint density at radius 2 is 1.90 bits per heavy atom. The van der Waals surface area contributed by atoms with Crippen molar-refractivity contribution in [2.75, 3.05) is 0 Å². The molecule has 30 heavy (non-hydrogen) atoms. The molecule has 156 valence electrons. The van der Waals surface area contributed by atoms with E-state index in [0.29, 0.717) is 11.8 Å². The Kier molecular flexibility index (Phi) is 5.26. The van der Waals surface area contributed by atoms with Crippen LogP contribution in [0.25, 0.3) is 5.65 Å². The molecule has 7 nitrogen and oxygen atoms in total. The zero-order valence-corrected chi connectivity index (χ0v) is 16.9. The quantitative estimate of drug-likeness (QED) is 0.648. The van der Waals surface area contributed by atoms with Gasteiger partial charge >= 0.3 is 6.18 Å². The number of carbonyl (C=O) groups excluding carboxylic acids is 1. The van der Waals surface area contributed by atoms with Gasteiger partial charge in [-0.1, -0.05) is 11.6 Å². The normalized spacial score (nSPS) is 12.0. The lowest BCUT2D eigenvalue weighted by molar-refractivity contribution is -0.137. The van der Waals surface area contributed by atoms with Gasteiger partial charge in [0.15, 0.2) is 5.69 Å². The minimum atomic E-state index is -4.64. The van der Waals surface area contributed by atoms with Gasteiger partial charge in [0.1, 0.15) is 10.8 Å². The van der Waals surface area contributed by atoms with Crippen LogP contribution in [0.2, 0.25) is 5.15 Å². The second-order valence-corrected chi connectivity index (χ2v) is 8.38. The summed E-state index contributed by atoms with van der Waals surface area (Å²) in [4.78, 5) is 16.1. The number of aryl methyl sites for hydroxylation is 2. The Morgan fingerprint density at radius 1 is 1.23 bits per heavy atom. The zero-order valence-electron chi connectivity index (χ0n) is 15.4. The second kappa shape index (κ2) is 7.30. The summed E-state index contributed by atoms with van der Waals surface area (Å²) in [5, 5.41) is 8.56. The van der Waals surface area contributed by atoms with Gasteiger partial charge in [0, 0.05) is 6.20 Å². The second-order valence-electron chi connectivity index (χ2n) is 6.37. The predicted octanol–water partition coefficient (Wildman–Crippen LogP) is 3.61. The van der Waals surface area contributed by atoms with E-state index in [-0.39, 0.29) is 21.7 Å². The Hall–Kier alpha value is -3.10. The van der Waals surface area contributed by atoms with Crippen LogP contribution in [0, 0.1) is 25.2 Å². The van der Waals surface area contributed by atoms with Crippen molar-refractivity contribution in [1.29, 1.82) is 5.26 Å². The molecule has 1 N–H and O–H groups in total. The van der Waals surface area contributed by atoms with Crippen LogP contribution in [0.5, 0.6) is 0 Å². The molecular formula is C18H12ClF3N4O3S. The third-order valence-corrected chi connectivity index (χ3v) is 6.10. The largest absolute Gasteiger partial charge is 0.417 e. The maximum atomic E-state index is 12.9. The minimum Gasteiger partial charge on any atom is -0.289 e. The van der Waals surface area contributed by atoms with Crippen LogP contribution in [0.1, 0.15) is 32.7 Å². The minimum absolute atomic E-state index is 0.0686. The molecule has 0 aliphatic heterocycles. The number of hydrogen-bond acceptors (Lipinski definition) is 5. The number of amides is 1. The number of nitriles is 1. The number of carbonyl (C=O) groups is 1. The summed E-state index contributed by atoms with van der Waals surface area (Å²) in [5.74, 6) is -1.21. The smallest absolute Gasteiger partial charge is 0.289 e. The standard InChI is InChI=1S/C18H12ClF3N4O3S/c1-9-6-13(10(2)5-11(9)7-23)30(28,29)25-17(27)15-16(19)26-8-12(18(20,21)22)3-4-14(26)24-15/h3-6,8H,1-2H3,(H,25,27). The molecule has 0 bridgehead atoms. The average molecular weight is 457 g/mol. The van der Waals surface area contributed by atoms with Gasteiger partial charge in [-0.25, -0.2) is 18.1 Å². The molecule has 3 rings (SSSR count). The summed E-state index contributed by atoms with van der Waals surface area (Å²) in [6.45, 7) is 2.99. The number of halogens is 4. The number of alkyl halides is 3. The first-order valence-electron chi connectivity index (χ1n) is 8.18. The number of nitrogens with zero attached hydrogens (tertiary/aromatic N) is 3. The zero-order chi connectivity index (χ0) is 22.4. The van der Waals surface area contributed by atoms with E-state index in [1.807, 2.05) is 10.8 Å². The fourth-order valence-corrected chi connectivity index (χ4v) is 4.28. The molecule has 2 aromatic heterocycles. The van der Waals surface area contributed by atoms with E-state index < -0.39 is 38.5 Å². The summed E-state index contributed by atoms with van der Waals surface area (Å²) in [5.41, 5.74) is -0.738. The monoisotopic (exact) mass is 456 g/mol. The van der Waals surface area contributed by atoms with Crippen LogP contribution in [-0.4, -0.2) is 23.7 Å². The highest BCUT2D eigenvalue weighted by atomic mass is 35.5. The lowest BCUT2D eigenvalue weighted by Crippen LogP contribution is -2.31. The predicted molar refractivity (Wildman–Crippen MR) is 100 cm³/mol. The van der Waals surface area contributed by atoms with E-state index in [1.165, 1.54) is 26.0 Å². The SMILES string of the molecule is Cc1cc(S(=O)(=O)NC(=O)c2nc3ccc(C(F)(F)F)cn3c2Cl)c(C)cc1C#N. The van der Waals surface area contributed by atoms with Crippen LogP contribution in [0.4, 0.5) is 13.2 Å². The lowest BCUT2D eigenvalue weighted by atomic mass is 10.1. The van der Waals surface area contributed by atoms with Gasteiger partial charge in [-0.15, -0.1) is 0 Å². The summed E-state index contributed by atoms with van der Waals surface area (Å²) in [6.07, 6.45) is -3.98. The number of aromatic nitrogens is 2. The van der Waals surface area contributed by atoms with Gasteiger partial charge in [0.25, 0.3) is 15.9 Å². The first-order valence-corrected chi connectivity index (χ1v) is 10.0. The van der Waals surface area contributed by atoms with E-state index in [0.717, 1.165) is 16.5 Å². The number of hydrogen-bond donors (Lipinski definition) is 1. The number of sulfonamides is 1. The first-order chi connectivity index (χ1) is 13.8. The van der Waals surface area contributed by atoms with Crippen molar-refractivity contribution in [3.05, 3.63) is 63.6 Å². The van der Waals surface area contributed by atoms with Crippen molar-refractivity contribution < 1.29 is 26.4 Å². The summed E-state index contributed by atoms with van der Waals surface area (Å²) >= 11 is 5.99. The Balaban J connectivity index is 2.00. The average Bonchev–Trinajstić information content (AvgIpc) is 2.98. The molecule has 0 atom stereocenters. The van der Waals surface area contributed by atoms with Gasteiger partial charge in [0.2, 0.25) is 0 Å². The van der Waals surface area contributed by atoms with Crippen molar-refractivity contribution >= 4 is 33.2 Å². The van der Waals surface area contributed by atoms with Crippen molar-refractivity contribution in [3.63, 3.8) is 0 Å². The van der Waals surface area contributed by atoms with Crippen LogP contribution in [0.3, 0.4) is 0 Å². The van der Waals surface area contributed by atoms with Gasteiger partial charge < -0.3 is 0 Å². The number of rotatable bonds is 3. The highest BCUT2D eigenvalue weighted by molar-refractivity contribution is 7.90. The maximum Gasteiger partial charge on any atom is 0.417 e. The molecular weight excluding hydrogens is 445 g/mol. The molecule has 0 aliphatic carbocycles. The van der Waals surface area contributed by atoms with Crippen molar-refractivity contribution in [2.45, 2.75) is 24.9 Å². The van der Waals surface area contributed by atoms with Gasteiger partial charge in [-0.3, -0.25) is 9.20 Å². The number of imidazole rings is 1. The molecule has 1 aromatic carbocycles. The van der Waals surface area contributed by atoms with Crippen LogP contribution < -0.4 is 4.72 Å². The van der Waals surface area contributed by atoms with E-state index >= 15 is 0 Å². The first kappa shape index (κ1) is 21.6. The fourth-order valence-electron chi connectivity index (χ4n) is 2.75. The highest BCUT2D eigenvalue weighted by Crippen LogP contribution is 2.30. The van der Waals surface area contributed by atoms with E-state index in [4.69, 9.17) is 16.9 Å². The van der Waals surface area contributed by atoms with E-state index in [1.54, 1.807) is 0 Å². The number of benzene rings is 1. The Morgan fingerprint density at radius 3 is 2.50 bits per heavy atom. The van der Waals surface area contributed by atoms with Gasteiger partial charge in [-0.05, 0) is 49.2 Å². The van der Waals surface area contributed by atoms with Crippen LogP contribution >= 0.6 is 11.6 Å². The van der Waals surface area contributed by atoms with Gasteiger partial charge in [-0.2, -0.15) is 18.4 Å². The molecule has 0 unspecified atom stereocenters. The van der Waals surface area contributed by atoms with Crippen molar-refractivity contribution in [1.82, 2.24) is 14.1 Å². The van der Waals surface area contributed by atoms with Crippen molar-refractivity contribution in [2.24, 2.45) is 0 Å². The molecule has 12 heteroatoms. The molecule has 0 radical (unpaired) electrons. The summed E-state index contributed by atoms with van der Waals surface area (Å²) in [7, 11) is -4.37. The molecule has 0 fully saturated rings. The number of fused-ring (bicyclic) bond motifs is 1. The molecule has 1 amide bonds. The van der Waals surface area contributed by atoms with E-state index in [2.05, 4.69) is 4.98 Å². The van der Waals surface area contributed by atoms with Gasteiger partial charge in [0.05, 0.1) is 22.1 Å². The molecule has 0 saturated heterocycles. The maximum absolute atomic E-state index is 12.9. The van der Waals surface area contributed by atoms with Crippen molar-refractivity contribution in [3.8, 4) is 6.07 Å². The Labute approximate surface area is 173 Å². The number of pyridine rings is 1. The molecule has 0 saturated carbocycles. The summed E-state index contributed by atoms with van der Waals surface area (Å²) in [6, 6.07) is 6.30. The molecule has 3 aromatic rings. The van der Waals surface area contributed by atoms with E-state index in [9.17, 15) is 26.4 Å². The highest BCUT2D eigenvalue weighted by Gasteiger charge is 2.32. The molecule has 0 spiro atoms. The molecule has 0 aliphatic rings. The number of nitrogens with one attached hydrogen (secondary N) is 1. The fraction of sp³-hybridized carbons (Fsp3) is 0.167. The van der Waals surface area contributed by atoms with Crippen LogP contribution in [0.15, 0.2) is 35.4 Å². The molecule has 2 heterocycles. The third kappa shape index (κ3) is 3.83. The lowest BCUT2D eigenvalue weighted by Gasteiger charge is -2.10. The third-order valence-electron chi connectivity index (χ3n) is 4.26. The summed E-state index contributed by atoms with van der Waals surface area (Å²) < 4.78 is 66.6. The Bertz CT molecular complexity index is 1340.